The fraction of sp³-hybridized carbons (Fsp3) is 1.00. The summed E-state index contributed by atoms with van der Waals surface area (Å²) in [6.07, 6.45) is 1.51. The molecule has 3 nitrogen and oxygen atoms in total. The van der Waals surface area contributed by atoms with Crippen molar-refractivity contribution in [2.75, 3.05) is 12.3 Å². The number of rotatable bonds is 4. The molecule has 0 aliphatic rings. The van der Waals surface area contributed by atoms with Crippen LogP contribution in [0.1, 0.15) is 0 Å². The first kappa shape index (κ1) is 7.31. The predicted molar refractivity (Wildman–Crippen MR) is 36.3 cm³/mol. The molecule has 0 aromatic carbocycles. The predicted octanol–water partition coefficient (Wildman–Crippen LogP) is -3.00. The van der Waals surface area contributed by atoms with E-state index in [-0.39, 0.29) is 19.5 Å². The molecule has 4 N–H and O–H groups in total. The van der Waals surface area contributed by atoms with Crippen molar-refractivity contribution in [3.05, 3.63) is 0 Å². The minimum absolute atomic E-state index is 0.330. The van der Waals surface area contributed by atoms with E-state index in [1.807, 2.05) is 0 Å². The topological polar surface area (TPSA) is 61.3 Å². The van der Waals surface area contributed by atoms with Gasteiger partial charge >= 0.3 is 0 Å². The summed E-state index contributed by atoms with van der Waals surface area (Å²) in [7, 11) is -0.660. The standard InChI is InChI=1S/C2H12N2OSi2/c3-1-6-5-7-2-4/h1-4,6-7H2. The van der Waals surface area contributed by atoms with Crippen LogP contribution in [-0.4, -0.2) is 31.9 Å². The van der Waals surface area contributed by atoms with Crippen molar-refractivity contribution < 1.29 is 4.12 Å². The highest BCUT2D eigenvalue weighted by Gasteiger charge is 1.80. The zero-order chi connectivity index (χ0) is 5.54. The maximum atomic E-state index is 5.19. The Morgan fingerprint density at radius 2 is 1.57 bits per heavy atom. The van der Waals surface area contributed by atoms with Crippen LogP contribution >= 0.6 is 0 Å². The van der Waals surface area contributed by atoms with Gasteiger partial charge < -0.3 is 15.6 Å². The van der Waals surface area contributed by atoms with E-state index in [0.717, 1.165) is 12.3 Å². The first-order valence-electron chi connectivity index (χ1n) is 2.39. The smallest absolute Gasteiger partial charge is 0.159 e. The molecule has 0 amide bonds. The summed E-state index contributed by atoms with van der Waals surface area (Å²) in [5, 5.41) is 0. The van der Waals surface area contributed by atoms with Crippen molar-refractivity contribution in [1.82, 2.24) is 0 Å². The molecule has 0 aromatic heterocycles. The number of hydrogen-bond donors (Lipinski definition) is 2. The molecule has 0 heterocycles. The summed E-state index contributed by atoms with van der Waals surface area (Å²) in [5.74, 6) is 0. The van der Waals surface area contributed by atoms with Gasteiger partial charge in [0.25, 0.3) is 0 Å². The summed E-state index contributed by atoms with van der Waals surface area (Å²) in [4.78, 5) is 0. The van der Waals surface area contributed by atoms with Gasteiger partial charge in [-0.05, 0) is 0 Å². The monoisotopic (exact) mass is 136 g/mol. The summed E-state index contributed by atoms with van der Waals surface area (Å²) >= 11 is 0. The van der Waals surface area contributed by atoms with Crippen LogP contribution < -0.4 is 11.5 Å². The normalized spacial score (nSPS) is 12.9. The molecule has 0 saturated heterocycles. The molecule has 0 fully saturated rings. The fourth-order valence-electron chi connectivity index (χ4n) is 0.269. The second-order valence-electron chi connectivity index (χ2n) is 1.19. The number of nitrogens with two attached hydrogens (primary N) is 2. The lowest BCUT2D eigenvalue weighted by molar-refractivity contribution is 0.636. The summed E-state index contributed by atoms with van der Waals surface area (Å²) in [6.45, 7) is 0. The number of hydrogen-bond acceptors (Lipinski definition) is 3. The Balaban J connectivity index is 2.45. The van der Waals surface area contributed by atoms with Gasteiger partial charge in [0.05, 0.1) is 0 Å². The first-order valence-corrected chi connectivity index (χ1v) is 5.55. The third-order valence-corrected chi connectivity index (χ3v) is 3.31. The van der Waals surface area contributed by atoms with E-state index in [4.69, 9.17) is 15.6 Å². The summed E-state index contributed by atoms with van der Waals surface area (Å²) < 4.78 is 5.16. The van der Waals surface area contributed by atoms with Crippen LogP contribution in [0.15, 0.2) is 0 Å². The van der Waals surface area contributed by atoms with E-state index in [1.165, 1.54) is 0 Å². The molecule has 0 aliphatic carbocycles. The summed E-state index contributed by atoms with van der Waals surface area (Å²) in [6, 6.07) is 0. The van der Waals surface area contributed by atoms with Gasteiger partial charge in [-0.15, -0.1) is 0 Å². The Labute approximate surface area is 48.3 Å². The Kier molecular flexibility index (Phi) is 6.60. The quantitative estimate of drug-likeness (QED) is 0.320. The van der Waals surface area contributed by atoms with Crippen LogP contribution in [0.5, 0.6) is 0 Å². The van der Waals surface area contributed by atoms with E-state index in [1.54, 1.807) is 0 Å². The second-order valence-corrected chi connectivity index (χ2v) is 4.79. The summed E-state index contributed by atoms with van der Waals surface area (Å²) in [5.41, 5.74) is 10.4. The largest absolute Gasteiger partial charge is 0.463 e. The van der Waals surface area contributed by atoms with Crippen LogP contribution in [0.25, 0.3) is 0 Å². The van der Waals surface area contributed by atoms with Crippen LogP contribution in [0.4, 0.5) is 0 Å². The molecule has 0 radical (unpaired) electrons. The lowest BCUT2D eigenvalue weighted by Crippen LogP contribution is -2.20. The lowest BCUT2D eigenvalue weighted by atomic mass is 11.5. The van der Waals surface area contributed by atoms with Gasteiger partial charge in [0, 0.05) is 12.3 Å². The van der Waals surface area contributed by atoms with Gasteiger partial charge in [0.15, 0.2) is 19.5 Å². The molecular weight excluding hydrogens is 124 g/mol. The molecule has 0 aromatic rings. The van der Waals surface area contributed by atoms with Crippen molar-refractivity contribution >= 4 is 19.5 Å². The van der Waals surface area contributed by atoms with Crippen molar-refractivity contribution in [2.45, 2.75) is 0 Å². The molecule has 0 bridgehead atoms. The van der Waals surface area contributed by atoms with Crippen molar-refractivity contribution in [3.63, 3.8) is 0 Å². The van der Waals surface area contributed by atoms with Crippen molar-refractivity contribution in [1.29, 1.82) is 0 Å². The van der Waals surface area contributed by atoms with Gasteiger partial charge in [0.2, 0.25) is 0 Å². The zero-order valence-electron chi connectivity index (χ0n) is 4.39. The first-order chi connectivity index (χ1) is 3.41. The Bertz CT molecular complexity index is 32.9. The Hall–Kier alpha value is 0.314. The minimum Gasteiger partial charge on any atom is -0.463 e. The van der Waals surface area contributed by atoms with E-state index >= 15 is 0 Å². The molecule has 0 spiro atoms. The van der Waals surface area contributed by atoms with Gasteiger partial charge in [-0.1, -0.05) is 0 Å². The Morgan fingerprint density at radius 1 is 1.14 bits per heavy atom. The van der Waals surface area contributed by atoms with Gasteiger partial charge in [-0.2, -0.15) is 0 Å². The highest BCUT2D eigenvalue weighted by molar-refractivity contribution is 6.42. The highest BCUT2D eigenvalue weighted by Crippen LogP contribution is 1.57. The molecule has 0 unspecified atom stereocenters. The molecule has 5 heteroatoms. The SMILES string of the molecule is NC[SiH2]O[SiH2]CN. The Morgan fingerprint density at radius 3 is 1.86 bits per heavy atom. The average Bonchev–Trinajstić information content (AvgIpc) is 1.69. The lowest BCUT2D eigenvalue weighted by Gasteiger charge is -1.94. The van der Waals surface area contributed by atoms with Gasteiger partial charge in [-0.25, -0.2) is 0 Å². The molecule has 0 rings (SSSR count). The van der Waals surface area contributed by atoms with Crippen molar-refractivity contribution in [2.24, 2.45) is 11.5 Å². The molecule has 7 heavy (non-hydrogen) atoms. The third kappa shape index (κ3) is 6.31. The van der Waals surface area contributed by atoms with Crippen molar-refractivity contribution in [3.8, 4) is 0 Å². The maximum absolute atomic E-state index is 5.19. The minimum atomic E-state index is -0.330. The van der Waals surface area contributed by atoms with Gasteiger partial charge in [-0.3, -0.25) is 0 Å². The van der Waals surface area contributed by atoms with Crippen LogP contribution in [-0.2, 0) is 4.12 Å². The van der Waals surface area contributed by atoms with Gasteiger partial charge in [0.1, 0.15) is 0 Å². The average molecular weight is 136 g/mol. The third-order valence-electron chi connectivity index (χ3n) is 0.524. The van der Waals surface area contributed by atoms with E-state index in [9.17, 15) is 0 Å². The highest BCUT2D eigenvalue weighted by atomic mass is 28.3. The van der Waals surface area contributed by atoms with E-state index in [2.05, 4.69) is 0 Å². The van der Waals surface area contributed by atoms with E-state index < -0.39 is 0 Å². The molecule has 0 saturated carbocycles. The van der Waals surface area contributed by atoms with E-state index in [0.29, 0.717) is 0 Å². The van der Waals surface area contributed by atoms with Crippen LogP contribution in [0.3, 0.4) is 0 Å². The second kappa shape index (κ2) is 6.31. The zero-order valence-corrected chi connectivity index (χ0v) is 7.22. The maximum Gasteiger partial charge on any atom is 0.159 e. The molecule has 0 aliphatic heterocycles. The van der Waals surface area contributed by atoms with Crippen LogP contribution in [0.2, 0.25) is 0 Å². The molecular formula is C2H12N2OSi2. The fourth-order valence-corrected chi connectivity index (χ4v) is 2.42. The van der Waals surface area contributed by atoms with Crippen LogP contribution in [0, 0.1) is 0 Å². The molecule has 44 valence electrons. The molecule has 0 atom stereocenters.